The van der Waals surface area contributed by atoms with Gasteiger partial charge in [-0.15, -0.1) is 0 Å². The molecule has 20 aromatic rings. The molecule has 0 N–H and O–H groups in total. The Morgan fingerprint density at radius 1 is 0.133 bits per heavy atom. The van der Waals surface area contributed by atoms with E-state index in [9.17, 15) is 0 Å². The summed E-state index contributed by atoms with van der Waals surface area (Å²) in [7, 11) is 0. The molecule has 0 radical (unpaired) electrons. The van der Waals surface area contributed by atoms with Gasteiger partial charge in [-0.1, -0.05) is 300 Å². The normalized spacial score (nSPS) is 12.7. The van der Waals surface area contributed by atoms with E-state index < -0.39 is 0 Å². The van der Waals surface area contributed by atoms with E-state index in [0.29, 0.717) is 0 Å². The van der Waals surface area contributed by atoms with Crippen LogP contribution in [0.3, 0.4) is 0 Å². The van der Waals surface area contributed by atoms with Crippen molar-refractivity contribution in [1.82, 2.24) is 0 Å². The second kappa shape index (κ2) is 20.6. The van der Waals surface area contributed by atoms with Crippen LogP contribution < -0.4 is 32.8 Å². The predicted octanol–water partition coefficient (Wildman–Crippen LogP) is 21.5. The lowest BCUT2D eigenvalue weighted by Crippen LogP contribution is -2.49. The van der Waals surface area contributed by atoms with Crippen LogP contribution in [0.25, 0.3) is 185 Å². The third-order valence-electron chi connectivity index (χ3n) is 22.5. The molecule has 0 aromatic heterocycles. The molecule has 0 nitrogen and oxygen atoms in total. The zero-order valence-electron chi connectivity index (χ0n) is 53.5. The van der Waals surface area contributed by atoms with Crippen LogP contribution in [0.15, 0.2) is 340 Å². The van der Waals surface area contributed by atoms with Crippen LogP contribution in [0.1, 0.15) is 0 Å². The van der Waals surface area contributed by atoms with Crippen molar-refractivity contribution in [3.05, 3.63) is 340 Å². The highest BCUT2D eigenvalue weighted by atomic mass is 14.3. The van der Waals surface area contributed by atoms with Gasteiger partial charge in [0.2, 0.25) is 13.4 Å². The molecule has 20 aromatic carbocycles. The Kier molecular flexibility index (Phi) is 11.3. The topological polar surface area (TPSA) is 0 Å². The molecule has 2 heterocycles. The molecule has 0 amide bonds. The van der Waals surface area contributed by atoms with Gasteiger partial charge in [-0.3, -0.25) is 0 Å². The summed E-state index contributed by atoms with van der Waals surface area (Å²) in [5, 5.41) is 27.8. The van der Waals surface area contributed by atoms with Crippen LogP contribution in [-0.2, 0) is 0 Å². The molecular formula is C96H56B2. The summed E-state index contributed by atoms with van der Waals surface area (Å²) in [4.78, 5) is 0. The molecule has 0 spiro atoms. The molecule has 98 heavy (non-hydrogen) atoms. The fourth-order valence-corrected chi connectivity index (χ4v) is 18.1. The standard InChI is InChI=1S/C96H56B2/c1-3-19-57(20-4-1)75-31-15-17-33-77(75)83-55-93(97-89-51-71-43-63-27-11-7-23-59(63)39-67(71)47-85(89)86-48-68-40-60-24-8-12-28-64(60)44-72(68)52-90(86)97)81-38-36-80-84(78-34-18-16-32-76(78)58-21-5-2-6-22-58)56-94(82-37-35-79(83)95(81)96(80)82)98-91-53-73-45-65-29-13-9-25-61(65)41-69(73)49-87(91)88-50-70-42-62-26-10-14-30-66(62)46-74(70)54-92(88)98/h1-56H. The lowest BCUT2D eigenvalue weighted by atomic mass is 9.37. The Bertz CT molecular complexity index is 6200. The van der Waals surface area contributed by atoms with Gasteiger partial charge in [-0.25, -0.2) is 0 Å². The number of benzene rings is 20. The van der Waals surface area contributed by atoms with Crippen LogP contribution in [0, 0.1) is 0 Å². The molecule has 0 unspecified atom stereocenters. The highest BCUT2D eigenvalue weighted by molar-refractivity contribution is 7.01. The molecule has 0 fully saturated rings. The average Bonchev–Trinajstić information content (AvgIpc) is 1.26. The summed E-state index contributed by atoms with van der Waals surface area (Å²) in [5.74, 6) is 0. The van der Waals surface area contributed by atoms with Crippen LogP contribution in [0.4, 0.5) is 0 Å². The first-order chi connectivity index (χ1) is 48.5. The van der Waals surface area contributed by atoms with Crippen molar-refractivity contribution >= 4 is 165 Å². The van der Waals surface area contributed by atoms with Gasteiger partial charge in [0.1, 0.15) is 0 Å². The highest BCUT2D eigenvalue weighted by Crippen LogP contribution is 2.47. The number of rotatable bonds is 6. The fraction of sp³-hybridized carbons (Fsp3) is 0. The maximum atomic E-state index is 2.63. The third kappa shape index (κ3) is 7.98. The number of fused-ring (bicyclic) bond motifs is 14. The van der Waals surface area contributed by atoms with E-state index in [0.717, 1.165) is 0 Å². The molecule has 2 aliphatic rings. The van der Waals surface area contributed by atoms with Crippen molar-refractivity contribution in [3.63, 3.8) is 0 Å². The summed E-state index contributed by atoms with van der Waals surface area (Å²) in [6.07, 6.45) is 0. The van der Waals surface area contributed by atoms with Gasteiger partial charge >= 0.3 is 0 Å². The molecule has 0 aliphatic carbocycles. The van der Waals surface area contributed by atoms with Gasteiger partial charge in [-0.05, 0) is 258 Å². The van der Waals surface area contributed by atoms with Gasteiger partial charge in [0.05, 0.1) is 0 Å². The van der Waals surface area contributed by atoms with Gasteiger partial charge in [0, 0.05) is 0 Å². The monoisotopic (exact) mass is 1230 g/mol. The van der Waals surface area contributed by atoms with Crippen molar-refractivity contribution in [2.75, 3.05) is 0 Å². The van der Waals surface area contributed by atoms with Gasteiger partial charge in [-0.2, -0.15) is 0 Å². The molecular weight excluding hydrogens is 1170 g/mol. The van der Waals surface area contributed by atoms with Gasteiger partial charge < -0.3 is 0 Å². The Morgan fingerprint density at radius 2 is 0.367 bits per heavy atom. The van der Waals surface area contributed by atoms with Crippen LogP contribution >= 0.6 is 0 Å². The van der Waals surface area contributed by atoms with Gasteiger partial charge in [0.15, 0.2) is 0 Å². The molecule has 22 rings (SSSR count). The van der Waals surface area contributed by atoms with Crippen molar-refractivity contribution in [2.45, 2.75) is 0 Å². The Morgan fingerprint density at radius 3 is 0.653 bits per heavy atom. The Balaban J connectivity index is 0.897. The first-order valence-electron chi connectivity index (χ1n) is 34.5. The van der Waals surface area contributed by atoms with E-state index in [4.69, 9.17) is 0 Å². The number of hydrogen-bond donors (Lipinski definition) is 0. The first-order valence-corrected chi connectivity index (χ1v) is 34.5. The minimum absolute atomic E-state index is 0.112. The average molecular weight is 1230 g/mol. The summed E-state index contributed by atoms with van der Waals surface area (Å²) in [6, 6.07) is 131. The second-order valence-corrected chi connectivity index (χ2v) is 27.7. The predicted molar refractivity (Wildman–Crippen MR) is 425 cm³/mol. The maximum absolute atomic E-state index is 2.63. The Hall–Kier alpha value is -12.4. The van der Waals surface area contributed by atoms with Crippen molar-refractivity contribution < 1.29 is 0 Å². The minimum Gasteiger partial charge on any atom is -0.0622 e. The third-order valence-corrected chi connectivity index (χ3v) is 22.5. The van der Waals surface area contributed by atoms with E-state index in [1.54, 1.807) is 0 Å². The lowest BCUT2D eigenvalue weighted by Gasteiger charge is -2.25. The van der Waals surface area contributed by atoms with E-state index in [2.05, 4.69) is 340 Å². The van der Waals surface area contributed by atoms with Gasteiger partial charge in [0.25, 0.3) is 0 Å². The van der Waals surface area contributed by atoms with Crippen LogP contribution in [0.5, 0.6) is 0 Å². The summed E-state index contributed by atoms with van der Waals surface area (Å²) < 4.78 is 0. The van der Waals surface area contributed by atoms with Crippen molar-refractivity contribution in [2.24, 2.45) is 0 Å². The molecule has 446 valence electrons. The largest absolute Gasteiger partial charge is 0.243 e. The van der Waals surface area contributed by atoms with Crippen molar-refractivity contribution in [1.29, 1.82) is 0 Å². The molecule has 0 atom stereocenters. The SMILES string of the molecule is c1ccc(-c2ccccc2-c2cc(B3c4cc5cc6ccccc6cc5cc4-c4cc5cc6ccccc6cc5cc43)c3ccc4c(-c5ccccc5-c5ccccc5)cc(B5c6cc7cc8ccccc8cc7cc6-c6cc7cc8ccccc8cc7cc65)c5ccc2c3c54)cc1. The van der Waals surface area contributed by atoms with Crippen molar-refractivity contribution in [3.8, 4) is 66.8 Å². The van der Waals surface area contributed by atoms with E-state index in [1.807, 2.05) is 0 Å². The summed E-state index contributed by atoms with van der Waals surface area (Å²) in [6.45, 7) is -0.224. The quantitative estimate of drug-likeness (QED) is 0.0884. The Labute approximate surface area is 567 Å². The lowest BCUT2D eigenvalue weighted by molar-refractivity contribution is 1.60. The molecule has 2 aliphatic heterocycles. The second-order valence-electron chi connectivity index (χ2n) is 27.7. The number of hydrogen-bond acceptors (Lipinski definition) is 0. The molecule has 0 saturated carbocycles. The van der Waals surface area contributed by atoms with E-state index in [1.165, 1.54) is 218 Å². The first kappa shape index (κ1) is 54.0. The minimum atomic E-state index is -0.112. The summed E-state index contributed by atoms with van der Waals surface area (Å²) >= 11 is 0. The zero-order valence-corrected chi connectivity index (χ0v) is 53.5. The smallest absolute Gasteiger partial charge is 0.0622 e. The highest BCUT2D eigenvalue weighted by Gasteiger charge is 2.39. The molecule has 0 saturated heterocycles. The molecule has 2 heteroatoms. The zero-order chi connectivity index (χ0) is 63.8. The van der Waals surface area contributed by atoms with E-state index in [-0.39, 0.29) is 13.4 Å². The maximum Gasteiger partial charge on any atom is 0.243 e. The summed E-state index contributed by atoms with van der Waals surface area (Å²) in [5.41, 5.74) is 23.0. The van der Waals surface area contributed by atoms with Crippen LogP contribution in [-0.4, -0.2) is 13.4 Å². The fourth-order valence-electron chi connectivity index (χ4n) is 18.1. The van der Waals surface area contributed by atoms with Crippen LogP contribution in [0.2, 0.25) is 0 Å². The van der Waals surface area contributed by atoms with E-state index >= 15 is 0 Å². The molecule has 0 bridgehead atoms.